The molecule has 0 radical (unpaired) electrons. The van der Waals surface area contributed by atoms with Gasteiger partial charge in [-0.2, -0.15) is 0 Å². The average Bonchev–Trinajstić information content (AvgIpc) is 2.89. The van der Waals surface area contributed by atoms with Gasteiger partial charge in [-0.1, -0.05) is 23.8 Å². The number of rotatable bonds is 4. The Bertz CT molecular complexity index is 617. The molecule has 2 N–H and O–H groups in total. The summed E-state index contributed by atoms with van der Waals surface area (Å²) in [7, 11) is 1.77. The summed E-state index contributed by atoms with van der Waals surface area (Å²) in [5, 5.41) is 0. The fourth-order valence-electron chi connectivity index (χ4n) is 2.14. The van der Waals surface area contributed by atoms with Crippen molar-refractivity contribution in [2.24, 2.45) is 5.73 Å². The zero-order valence-corrected chi connectivity index (χ0v) is 12.1. The first-order chi connectivity index (χ1) is 9.51. The zero-order chi connectivity index (χ0) is 14.7. The fraction of sp³-hybridized carbons (Fsp3) is 0.312. The highest BCUT2D eigenvalue weighted by Gasteiger charge is 2.16. The molecule has 0 saturated carbocycles. The standard InChI is InChI=1S/C16H20N2O2/c1-11-4-5-13(12(2)8-11)10-18(3)16(19)15-7-6-14(9-17)20-15/h4-8H,9-10,17H2,1-3H3. The van der Waals surface area contributed by atoms with Crippen molar-refractivity contribution in [3.8, 4) is 0 Å². The van der Waals surface area contributed by atoms with Crippen molar-refractivity contribution in [1.29, 1.82) is 0 Å². The van der Waals surface area contributed by atoms with Gasteiger partial charge < -0.3 is 15.1 Å². The van der Waals surface area contributed by atoms with E-state index in [0.29, 0.717) is 24.6 Å². The first kappa shape index (κ1) is 14.3. The monoisotopic (exact) mass is 272 g/mol. The number of nitrogens with two attached hydrogens (primary N) is 1. The van der Waals surface area contributed by atoms with E-state index in [1.807, 2.05) is 0 Å². The first-order valence-electron chi connectivity index (χ1n) is 6.61. The fourth-order valence-corrected chi connectivity index (χ4v) is 2.14. The summed E-state index contributed by atoms with van der Waals surface area (Å²) in [5.41, 5.74) is 9.02. The molecule has 0 atom stereocenters. The Morgan fingerprint density at radius 3 is 2.60 bits per heavy atom. The summed E-state index contributed by atoms with van der Waals surface area (Å²) < 4.78 is 5.39. The molecule has 0 aliphatic rings. The van der Waals surface area contributed by atoms with E-state index in [-0.39, 0.29) is 5.91 Å². The maximum atomic E-state index is 12.2. The van der Waals surface area contributed by atoms with Crippen LogP contribution in [0.4, 0.5) is 0 Å². The Balaban J connectivity index is 2.11. The molecule has 0 bridgehead atoms. The molecular weight excluding hydrogens is 252 g/mol. The SMILES string of the molecule is Cc1ccc(CN(C)C(=O)c2ccc(CN)o2)c(C)c1. The van der Waals surface area contributed by atoms with E-state index in [4.69, 9.17) is 10.2 Å². The van der Waals surface area contributed by atoms with Crippen molar-refractivity contribution >= 4 is 5.91 Å². The lowest BCUT2D eigenvalue weighted by Crippen LogP contribution is -2.26. The van der Waals surface area contributed by atoms with Crippen LogP contribution in [0.5, 0.6) is 0 Å². The Morgan fingerprint density at radius 2 is 2.00 bits per heavy atom. The molecule has 0 aliphatic carbocycles. The number of benzene rings is 1. The van der Waals surface area contributed by atoms with Crippen LogP contribution in [0, 0.1) is 13.8 Å². The summed E-state index contributed by atoms with van der Waals surface area (Å²) in [5.74, 6) is 0.815. The van der Waals surface area contributed by atoms with Crippen LogP contribution in [0.1, 0.15) is 33.0 Å². The number of hydrogen-bond donors (Lipinski definition) is 1. The first-order valence-corrected chi connectivity index (χ1v) is 6.61. The topological polar surface area (TPSA) is 59.5 Å². The van der Waals surface area contributed by atoms with Crippen LogP contribution in [0.25, 0.3) is 0 Å². The molecule has 1 aromatic carbocycles. The highest BCUT2D eigenvalue weighted by atomic mass is 16.4. The molecule has 2 rings (SSSR count). The lowest BCUT2D eigenvalue weighted by Gasteiger charge is -2.17. The second-order valence-electron chi connectivity index (χ2n) is 5.06. The van der Waals surface area contributed by atoms with Gasteiger partial charge in [0.05, 0.1) is 6.54 Å². The van der Waals surface area contributed by atoms with Gasteiger partial charge in [0.25, 0.3) is 5.91 Å². The van der Waals surface area contributed by atoms with Crippen molar-refractivity contribution in [2.75, 3.05) is 7.05 Å². The second-order valence-corrected chi connectivity index (χ2v) is 5.06. The van der Waals surface area contributed by atoms with E-state index in [9.17, 15) is 4.79 Å². The largest absolute Gasteiger partial charge is 0.455 e. The lowest BCUT2D eigenvalue weighted by molar-refractivity contribution is 0.0751. The molecule has 1 amide bonds. The lowest BCUT2D eigenvalue weighted by atomic mass is 10.1. The molecule has 1 heterocycles. The number of hydrogen-bond acceptors (Lipinski definition) is 3. The van der Waals surface area contributed by atoms with E-state index in [0.717, 1.165) is 5.56 Å². The molecular formula is C16H20N2O2. The van der Waals surface area contributed by atoms with Gasteiger partial charge in [-0.25, -0.2) is 0 Å². The van der Waals surface area contributed by atoms with Gasteiger partial charge in [-0.15, -0.1) is 0 Å². The van der Waals surface area contributed by atoms with Gasteiger partial charge in [-0.3, -0.25) is 4.79 Å². The molecule has 0 unspecified atom stereocenters. The highest BCUT2D eigenvalue weighted by molar-refractivity contribution is 5.91. The van der Waals surface area contributed by atoms with Crippen molar-refractivity contribution in [3.05, 3.63) is 58.5 Å². The third-order valence-corrected chi connectivity index (χ3v) is 3.33. The predicted octanol–water partition coefficient (Wildman–Crippen LogP) is 2.63. The molecule has 2 aromatic rings. The third-order valence-electron chi connectivity index (χ3n) is 3.33. The summed E-state index contributed by atoms with van der Waals surface area (Å²) in [4.78, 5) is 13.9. The molecule has 0 spiro atoms. The van der Waals surface area contributed by atoms with E-state index in [1.165, 1.54) is 11.1 Å². The van der Waals surface area contributed by atoms with Crippen molar-refractivity contribution in [2.45, 2.75) is 26.9 Å². The normalized spacial score (nSPS) is 10.6. The summed E-state index contributed by atoms with van der Waals surface area (Å²) in [6.07, 6.45) is 0. The molecule has 4 heteroatoms. The number of furan rings is 1. The molecule has 0 aliphatic heterocycles. The minimum absolute atomic E-state index is 0.135. The highest BCUT2D eigenvalue weighted by Crippen LogP contribution is 2.15. The van der Waals surface area contributed by atoms with E-state index in [2.05, 4.69) is 32.0 Å². The van der Waals surface area contributed by atoms with Gasteiger partial charge >= 0.3 is 0 Å². The average molecular weight is 272 g/mol. The Hall–Kier alpha value is -2.07. The molecule has 20 heavy (non-hydrogen) atoms. The van der Waals surface area contributed by atoms with Crippen molar-refractivity contribution in [1.82, 2.24) is 4.90 Å². The van der Waals surface area contributed by atoms with Crippen LogP contribution in [-0.2, 0) is 13.1 Å². The molecule has 0 fully saturated rings. The Morgan fingerprint density at radius 1 is 1.25 bits per heavy atom. The van der Waals surface area contributed by atoms with E-state index >= 15 is 0 Å². The van der Waals surface area contributed by atoms with Crippen LogP contribution < -0.4 is 5.73 Å². The molecule has 4 nitrogen and oxygen atoms in total. The maximum absolute atomic E-state index is 12.2. The van der Waals surface area contributed by atoms with Gasteiger partial charge in [0.1, 0.15) is 5.76 Å². The molecule has 1 aromatic heterocycles. The van der Waals surface area contributed by atoms with E-state index < -0.39 is 0 Å². The van der Waals surface area contributed by atoms with Crippen molar-refractivity contribution < 1.29 is 9.21 Å². The van der Waals surface area contributed by atoms with Crippen LogP contribution >= 0.6 is 0 Å². The minimum Gasteiger partial charge on any atom is -0.455 e. The molecule has 0 saturated heterocycles. The second kappa shape index (κ2) is 5.92. The maximum Gasteiger partial charge on any atom is 0.289 e. The number of nitrogens with zero attached hydrogens (tertiary/aromatic N) is 1. The number of carbonyl (C=O) groups is 1. The Kier molecular flexibility index (Phi) is 4.25. The Labute approximate surface area is 119 Å². The summed E-state index contributed by atoms with van der Waals surface area (Å²) >= 11 is 0. The van der Waals surface area contributed by atoms with Crippen LogP contribution in [0.2, 0.25) is 0 Å². The zero-order valence-electron chi connectivity index (χ0n) is 12.1. The number of amides is 1. The van der Waals surface area contributed by atoms with Gasteiger partial charge in [0, 0.05) is 13.6 Å². The van der Waals surface area contributed by atoms with Crippen LogP contribution in [0.3, 0.4) is 0 Å². The molecule has 106 valence electrons. The van der Waals surface area contributed by atoms with Crippen LogP contribution in [-0.4, -0.2) is 17.9 Å². The van der Waals surface area contributed by atoms with E-state index in [1.54, 1.807) is 24.1 Å². The predicted molar refractivity (Wildman–Crippen MR) is 78.3 cm³/mol. The van der Waals surface area contributed by atoms with Crippen molar-refractivity contribution in [3.63, 3.8) is 0 Å². The van der Waals surface area contributed by atoms with Gasteiger partial charge in [0.2, 0.25) is 0 Å². The van der Waals surface area contributed by atoms with Gasteiger partial charge in [0.15, 0.2) is 5.76 Å². The quantitative estimate of drug-likeness (QED) is 0.930. The van der Waals surface area contributed by atoms with Crippen LogP contribution in [0.15, 0.2) is 34.7 Å². The smallest absolute Gasteiger partial charge is 0.289 e. The summed E-state index contributed by atoms with van der Waals surface area (Å²) in [6, 6.07) is 9.64. The van der Waals surface area contributed by atoms with Gasteiger partial charge in [-0.05, 0) is 37.1 Å². The number of carbonyl (C=O) groups excluding carboxylic acids is 1. The minimum atomic E-state index is -0.135. The number of aryl methyl sites for hydroxylation is 2. The third kappa shape index (κ3) is 3.08. The summed E-state index contributed by atoms with van der Waals surface area (Å²) in [6.45, 7) is 4.97.